The predicted octanol–water partition coefficient (Wildman–Crippen LogP) is 3.15. The molecular weight excluding hydrogens is 326 g/mol. The molecule has 0 radical (unpaired) electrons. The molecule has 1 aromatic heterocycles. The van der Waals surface area contributed by atoms with Gasteiger partial charge in [-0.2, -0.15) is 4.98 Å². The summed E-state index contributed by atoms with van der Waals surface area (Å²) in [6, 6.07) is 0. The molecule has 1 aromatic rings. The van der Waals surface area contributed by atoms with Crippen LogP contribution in [-0.4, -0.2) is 44.1 Å². The number of aromatic nitrogens is 2. The van der Waals surface area contributed by atoms with Crippen molar-refractivity contribution < 1.29 is 4.79 Å². The fourth-order valence-corrected chi connectivity index (χ4v) is 6.05. The SMILES string of the molecule is CN(C)c1ncc(NC(=O)CC23CC4CC(CC(C4)C2)C3)c(N(C)C)n1. The average molecular weight is 358 g/mol. The third kappa shape index (κ3) is 3.26. The molecular formula is C20H31N5O. The summed E-state index contributed by atoms with van der Waals surface area (Å²) in [6.45, 7) is 0. The van der Waals surface area contributed by atoms with Gasteiger partial charge in [-0.15, -0.1) is 0 Å². The molecule has 6 heteroatoms. The van der Waals surface area contributed by atoms with E-state index in [1.165, 1.54) is 38.5 Å². The average Bonchev–Trinajstić information content (AvgIpc) is 2.52. The molecule has 0 aliphatic heterocycles. The summed E-state index contributed by atoms with van der Waals surface area (Å²) in [7, 11) is 7.72. The van der Waals surface area contributed by atoms with Gasteiger partial charge in [-0.25, -0.2) is 4.98 Å². The number of rotatable bonds is 5. The van der Waals surface area contributed by atoms with Gasteiger partial charge in [0.05, 0.1) is 6.20 Å². The molecule has 0 aromatic carbocycles. The van der Waals surface area contributed by atoms with Crippen LogP contribution in [0.2, 0.25) is 0 Å². The Morgan fingerprint density at radius 3 is 2.15 bits per heavy atom. The van der Waals surface area contributed by atoms with E-state index < -0.39 is 0 Å². The van der Waals surface area contributed by atoms with Crippen LogP contribution in [0.3, 0.4) is 0 Å². The maximum atomic E-state index is 12.9. The quantitative estimate of drug-likeness (QED) is 0.877. The van der Waals surface area contributed by atoms with E-state index in [4.69, 9.17) is 0 Å². The molecule has 0 unspecified atom stereocenters. The zero-order chi connectivity index (χ0) is 18.5. The summed E-state index contributed by atoms with van der Waals surface area (Å²) in [4.78, 5) is 25.6. The normalized spacial score (nSPS) is 31.8. The smallest absolute Gasteiger partial charge is 0.226 e. The molecule has 142 valence electrons. The van der Waals surface area contributed by atoms with Crippen LogP contribution >= 0.6 is 0 Å². The number of hydrogen-bond donors (Lipinski definition) is 1. The maximum absolute atomic E-state index is 12.9. The van der Waals surface area contributed by atoms with Crippen LogP contribution in [0.4, 0.5) is 17.5 Å². The first-order chi connectivity index (χ1) is 12.3. The molecule has 4 saturated carbocycles. The molecule has 4 bridgehead atoms. The van der Waals surface area contributed by atoms with Crippen LogP contribution in [0.15, 0.2) is 6.20 Å². The Morgan fingerprint density at radius 1 is 1.08 bits per heavy atom. The first-order valence-electron chi connectivity index (χ1n) is 9.85. The lowest BCUT2D eigenvalue weighted by molar-refractivity contribution is -0.124. The fourth-order valence-electron chi connectivity index (χ4n) is 6.05. The van der Waals surface area contributed by atoms with Gasteiger partial charge in [-0.05, 0) is 61.7 Å². The second kappa shape index (κ2) is 6.39. The van der Waals surface area contributed by atoms with Crippen molar-refractivity contribution in [2.24, 2.45) is 23.2 Å². The van der Waals surface area contributed by atoms with Gasteiger partial charge in [-0.1, -0.05) is 0 Å². The van der Waals surface area contributed by atoms with Gasteiger partial charge in [0.2, 0.25) is 11.9 Å². The zero-order valence-electron chi connectivity index (χ0n) is 16.5. The lowest BCUT2D eigenvalue weighted by atomic mass is 9.49. The van der Waals surface area contributed by atoms with Crippen molar-refractivity contribution in [1.82, 2.24) is 9.97 Å². The third-order valence-corrected chi connectivity index (χ3v) is 6.55. The summed E-state index contributed by atoms with van der Waals surface area (Å²) in [5.41, 5.74) is 0.956. The van der Waals surface area contributed by atoms with Crippen molar-refractivity contribution in [3.8, 4) is 0 Å². The molecule has 5 rings (SSSR count). The van der Waals surface area contributed by atoms with Gasteiger partial charge in [0.25, 0.3) is 0 Å². The van der Waals surface area contributed by atoms with E-state index in [0.717, 1.165) is 23.6 Å². The van der Waals surface area contributed by atoms with E-state index in [0.29, 0.717) is 18.1 Å². The van der Waals surface area contributed by atoms with E-state index in [2.05, 4.69) is 15.3 Å². The molecule has 4 aliphatic rings. The maximum Gasteiger partial charge on any atom is 0.226 e. The van der Waals surface area contributed by atoms with E-state index in [9.17, 15) is 4.79 Å². The van der Waals surface area contributed by atoms with Gasteiger partial charge in [0, 0.05) is 34.6 Å². The van der Waals surface area contributed by atoms with E-state index in [-0.39, 0.29) is 11.3 Å². The molecule has 1 N–H and O–H groups in total. The van der Waals surface area contributed by atoms with Crippen LogP contribution in [-0.2, 0) is 4.79 Å². The summed E-state index contributed by atoms with van der Waals surface area (Å²) in [6.07, 6.45) is 10.4. The monoisotopic (exact) mass is 357 g/mol. The van der Waals surface area contributed by atoms with Crippen molar-refractivity contribution >= 4 is 23.4 Å². The number of amides is 1. The molecule has 0 saturated heterocycles. The Morgan fingerprint density at radius 2 is 1.65 bits per heavy atom. The van der Waals surface area contributed by atoms with Gasteiger partial charge in [0.15, 0.2) is 5.82 Å². The Kier molecular flexibility index (Phi) is 4.32. The van der Waals surface area contributed by atoms with E-state index >= 15 is 0 Å². The summed E-state index contributed by atoms with van der Waals surface area (Å²) in [5, 5.41) is 3.11. The van der Waals surface area contributed by atoms with E-state index in [1.807, 2.05) is 38.0 Å². The number of hydrogen-bond acceptors (Lipinski definition) is 5. The highest BCUT2D eigenvalue weighted by molar-refractivity contribution is 5.94. The van der Waals surface area contributed by atoms with Gasteiger partial charge >= 0.3 is 0 Å². The number of anilines is 3. The van der Waals surface area contributed by atoms with Crippen molar-refractivity contribution in [1.29, 1.82) is 0 Å². The minimum Gasteiger partial charge on any atom is -0.361 e. The number of nitrogens with zero attached hydrogens (tertiary/aromatic N) is 4. The summed E-state index contributed by atoms with van der Waals surface area (Å²) in [5.74, 6) is 4.13. The minimum absolute atomic E-state index is 0.122. The Balaban J connectivity index is 1.48. The highest BCUT2D eigenvalue weighted by Crippen LogP contribution is 2.61. The van der Waals surface area contributed by atoms with Gasteiger partial charge in [-0.3, -0.25) is 4.79 Å². The topological polar surface area (TPSA) is 61.4 Å². The molecule has 6 nitrogen and oxygen atoms in total. The van der Waals surface area contributed by atoms with Crippen molar-refractivity contribution in [3.05, 3.63) is 6.20 Å². The Labute approximate surface area is 156 Å². The van der Waals surface area contributed by atoms with Gasteiger partial charge in [0.1, 0.15) is 5.69 Å². The molecule has 1 heterocycles. The lowest BCUT2D eigenvalue weighted by Crippen LogP contribution is -2.47. The molecule has 4 aliphatic carbocycles. The minimum atomic E-state index is 0.122. The van der Waals surface area contributed by atoms with Crippen LogP contribution < -0.4 is 15.1 Å². The molecule has 0 spiro atoms. The highest BCUT2D eigenvalue weighted by atomic mass is 16.1. The summed E-state index contributed by atoms with van der Waals surface area (Å²) >= 11 is 0. The lowest BCUT2D eigenvalue weighted by Gasteiger charge is -2.56. The largest absolute Gasteiger partial charge is 0.361 e. The first kappa shape index (κ1) is 17.6. The zero-order valence-corrected chi connectivity index (χ0v) is 16.5. The molecule has 26 heavy (non-hydrogen) atoms. The standard InChI is InChI=1S/C20H31N5O/c1-24(2)18-16(12-21-19(23-18)25(3)4)22-17(26)11-20-8-13-5-14(9-20)7-15(6-13)10-20/h12-15H,5-11H2,1-4H3,(H,22,26). The van der Waals surface area contributed by atoms with Gasteiger partial charge < -0.3 is 15.1 Å². The van der Waals surface area contributed by atoms with Crippen molar-refractivity contribution in [3.63, 3.8) is 0 Å². The van der Waals surface area contributed by atoms with Crippen molar-refractivity contribution in [2.75, 3.05) is 43.3 Å². The van der Waals surface area contributed by atoms with Crippen molar-refractivity contribution in [2.45, 2.75) is 44.9 Å². The third-order valence-electron chi connectivity index (χ3n) is 6.55. The number of carbonyl (C=O) groups excluding carboxylic acids is 1. The predicted molar refractivity (Wildman–Crippen MR) is 105 cm³/mol. The second-order valence-corrected chi connectivity index (χ2v) is 9.34. The first-order valence-corrected chi connectivity index (χ1v) is 9.85. The second-order valence-electron chi connectivity index (χ2n) is 9.34. The van der Waals surface area contributed by atoms with Crippen LogP contribution in [0.5, 0.6) is 0 Å². The Bertz CT molecular complexity index is 664. The van der Waals surface area contributed by atoms with Crippen LogP contribution in [0.1, 0.15) is 44.9 Å². The Hall–Kier alpha value is -1.85. The fraction of sp³-hybridized carbons (Fsp3) is 0.750. The van der Waals surface area contributed by atoms with Crippen LogP contribution in [0, 0.1) is 23.2 Å². The molecule has 4 fully saturated rings. The number of carbonyl (C=O) groups is 1. The molecule has 0 atom stereocenters. The van der Waals surface area contributed by atoms with Crippen LogP contribution in [0.25, 0.3) is 0 Å². The summed E-state index contributed by atoms with van der Waals surface area (Å²) < 4.78 is 0. The molecule has 1 amide bonds. The van der Waals surface area contributed by atoms with E-state index in [1.54, 1.807) is 6.20 Å². The number of nitrogens with one attached hydrogen (secondary N) is 1. The highest BCUT2D eigenvalue weighted by Gasteiger charge is 2.51.